The molecule has 96 valence electrons. The normalized spacial score (nSPS) is 19.4. The number of fused-ring (bicyclic) bond motifs is 1. The summed E-state index contributed by atoms with van der Waals surface area (Å²) < 4.78 is 0. The van der Waals surface area contributed by atoms with E-state index in [1.54, 1.807) is 0 Å². The van der Waals surface area contributed by atoms with E-state index in [1.807, 2.05) is 0 Å². The maximum Gasteiger partial charge on any atom is 0.230 e. The van der Waals surface area contributed by atoms with Crippen LogP contribution in [0.25, 0.3) is 0 Å². The number of nitrogens with two attached hydrogens (primary N) is 1. The molecule has 1 aromatic rings. The molecule has 1 aromatic carbocycles. The van der Waals surface area contributed by atoms with Crippen molar-refractivity contribution in [2.75, 3.05) is 13.1 Å². The van der Waals surface area contributed by atoms with Crippen molar-refractivity contribution in [3.63, 3.8) is 0 Å². The third kappa shape index (κ3) is 1.83. The van der Waals surface area contributed by atoms with Crippen LogP contribution in [0.15, 0.2) is 18.2 Å². The van der Waals surface area contributed by atoms with Gasteiger partial charge in [0.15, 0.2) is 0 Å². The van der Waals surface area contributed by atoms with Gasteiger partial charge in [-0.25, -0.2) is 0 Å². The Kier molecular flexibility index (Phi) is 2.86. The third-order valence-electron chi connectivity index (χ3n) is 4.27. The predicted molar refractivity (Wildman–Crippen MR) is 71.4 cm³/mol. The van der Waals surface area contributed by atoms with Crippen molar-refractivity contribution in [1.82, 2.24) is 5.32 Å². The second kappa shape index (κ2) is 4.39. The largest absolute Gasteiger partial charge is 0.354 e. The molecule has 1 fully saturated rings. The molecule has 3 nitrogen and oxygen atoms in total. The van der Waals surface area contributed by atoms with Gasteiger partial charge in [0.2, 0.25) is 5.91 Å². The standard InChI is InChI=1S/C15H20N2O/c16-8-9-17-14(18)15(6-7-15)13-5-4-11-2-1-3-12(11)10-13/h4-5,10H,1-3,6-9,16H2,(H,17,18). The minimum Gasteiger partial charge on any atom is -0.354 e. The molecular weight excluding hydrogens is 224 g/mol. The molecule has 0 aliphatic heterocycles. The summed E-state index contributed by atoms with van der Waals surface area (Å²) in [6, 6.07) is 6.63. The summed E-state index contributed by atoms with van der Waals surface area (Å²) >= 11 is 0. The van der Waals surface area contributed by atoms with Gasteiger partial charge in [-0.1, -0.05) is 18.2 Å². The molecule has 0 aromatic heterocycles. The van der Waals surface area contributed by atoms with Crippen molar-refractivity contribution in [3.8, 4) is 0 Å². The van der Waals surface area contributed by atoms with Gasteiger partial charge in [0, 0.05) is 13.1 Å². The molecule has 1 saturated carbocycles. The van der Waals surface area contributed by atoms with Gasteiger partial charge in [-0.15, -0.1) is 0 Å². The first kappa shape index (κ1) is 11.7. The van der Waals surface area contributed by atoms with E-state index in [0.29, 0.717) is 13.1 Å². The molecule has 3 rings (SSSR count). The highest BCUT2D eigenvalue weighted by molar-refractivity contribution is 5.91. The van der Waals surface area contributed by atoms with Gasteiger partial charge in [0.1, 0.15) is 0 Å². The van der Waals surface area contributed by atoms with Crippen molar-refractivity contribution in [3.05, 3.63) is 34.9 Å². The molecule has 0 spiro atoms. The summed E-state index contributed by atoms with van der Waals surface area (Å²) in [7, 11) is 0. The lowest BCUT2D eigenvalue weighted by Crippen LogP contribution is -2.37. The Balaban J connectivity index is 1.83. The van der Waals surface area contributed by atoms with Crippen LogP contribution in [0.2, 0.25) is 0 Å². The van der Waals surface area contributed by atoms with Crippen molar-refractivity contribution >= 4 is 5.91 Å². The molecule has 0 radical (unpaired) electrons. The zero-order valence-corrected chi connectivity index (χ0v) is 10.7. The summed E-state index contributed by atoms with van der Waals surface area (Å²) in [4.78, 5) is 12.2. The van der Waals surface area contributed by atoms with Crippen LogP contribution in [-0.2, 0) is 23.1 Å². The lowest BCUT2D eigenvalue weighted by Gasteiger charge is -2.16. The maximum absolute atomic E-state index is 12.2. The second-order valence-electron chi connectivity index (χ2n) is 5.46. The Morgan fingerprint density at radius 1 is 1.28 bits per heavy atom. The van der Waals surface area contributed by atoms with E-state index in [1.165, 1.54) is 36.0 Å². The lowest BCUT2D eigenvalue weighted by molar-refractivity contribution is -0.123. The van der Waals surface area contributed by atoms with Crippen LogP contribution in [0.1, 0.15) is 36.0 Å². The molecule has 0 atom stereocenters. The quantitative estimate of drug-likeness (QED) is 0.838. The van der Waals surface area contributed by atoms with Gasteiger partial charge in [-0.2, -0.15) is 0 Å². The van der Waals surface area contributed by atoms with Crippen molar-refractivity contribution in [2.24, 2.45) is 5.73 Å². The molecule has 2 aliphatic rings. The van der Waals surface area contributed by atoms with E-state index in [-0.39, 0.29) is 11.3 Å². The topological polar surface area (TPSA) is 55.1 Å². The summed E-state index contributed by atoms with van der Waals surface area (Å²) in [6.07, 6.45) is 5.57. The smallest absolute Gasteiger partial charge is 0.230 e. The fourth-order valence-corrected chi connectivity index (χ4v) is 3.00. The zero-order chi connectivity index (χ0) is 12.6. The van der Waals surface area contributed by atoms with Crippen molar-refractivity contribution < 1.29 is 4.79 Å². The molecule has 18 heavy (non-hydrogen) atoms. The van der Waals surface area contributed by atoms with Gasteiger partial charge in [0.25, 0.3) is 0 Å². The first-order chi connectivity index (χ1) is 8.76. The Hall–Kier alpha value is -1.35. The van der Waals surface area contributed by atoms with Gasteiger partial charge in [-0.05, 0) is 48.8 Å². The van der Waals surface area contributed by atoms with Crippen molar-refractivity contribution in [1.29, 1.82) is 0 Å². The van der Waals surface area contributed by atoms with E-state index >= 15 is 0 Å². The minimum atomic E-state index is -0.243. The number of hydrogen-bond donors (Lipinski definition) is 2. The fourth-order valence-electron chi connectivity index (χ4n) is 3.00. The first-order valence-electron chi connectivity index (χ1n) is 6.87. The van der Waals surface area contributed by atoms with E-state index in [4.69, 9.17) is 5.73 Å². The SMILES string of the molecule is NCCNC(=O)C1(c2ccc3c(c2)CCC3)CC1. The summed E-state index contributed by atoms with van der Waals surface area (Å²) in [5, 5.41) is 2.94. The third-order valence-corrected chi connectivity index (χ3v) is 4.27. The van der Waals surface area contributed by atoms with Crippen molar-refractivity contribution in [2.45, 2.75) is 37.5 Å². The predicted octanol–water partition coefficient (Wildman–Crippen LogP) is 1.28. The summed E-state index contributed by atoms with van der Waals surface area (Å²) in [5.41, 5.74) is 9.32. The highest BCUT2D eigenvalue weighted by Gasteiger charge is 2.51. The molecule has 3 N–H and O–H groups in total. The van der Waals surface area contributed by atoms with Crippen LogP contribution in [0.4, 0.5) is 0 Å². The average Bonchev–Trinajstić information content (AvgIpc) is 3.07. The highest BCUT2D eigenvalue weighted by Crippen LogP contribution is 2.49. The van der Waals surface area contributed by atoms with Crippen LogP contribution < -0.4 is 11.1 Å². The zero-order valence-electron chi connectivity index (χ0n) is 10.7. The monoisotopic (exact) mass is 244 g/mol. The van der Waals surface area contributed by atoms with Crippen LogP contribution in [0.3, 0.4) is 0 Å². The molecule has 0 bridgehead atoms. The molecular formula is C15H20N2O. The fraction of sp³-hybridized carbons (Fsp3) is 0.533. The molecule has 1 amide bonds. The number of hydrogen-bond acceptors (Lipinski definition) is 2. The van der Waals surface area contributed by atoms with E-state index in [9.17, 15) is 4.79 Å². The van der Waals surface area contributed by atoms with Crippen LogP contribution in [0, 0.1) is 0 Å². The number of carbonyl (C=O) groups is 1. The number of nitrogens with one attached hydrogen (secondary N) is 1. The van der Waals surface area contributed by atoms with Gasteiger partial charge < -0.3 is 11.1 Å². The average molecular weight is 244 g/mol. The molecule has 3 heteroatoms. The van der Waals surface area contributed by atoms with Crippen LogP contribution >= 0.6 is 0 Å². The second-order valence-corrected chi connectivity index (χ2v) is 5.46. The molecule has 0 unspecified atom stereocenters. The molecule has 2 aliphatic carbocycles. The number of amides is 1. The summed E-state index contributed by atoms with van der Waals surface area (Å²) in [6.45, 7) is 1.08. The molecule has 0 saturated heterocycles. The molecule has 0 heterocycles. The number of rotatable bonds is 4. The lowest BCUT2D eigenvalue weighted by atomic mass is 9.92. The van der Waals surface area contributed by atoms with E-state index in [0.717, 1.165) is 12.8 Å². The van der Waals surface area contributed by atoms with Gasteiger partial charge in [-0.3, -0.25) is 4.79 Å². The highest BCUT2D eigenvalue weighted by atomic mass is 16.2. The Labute approximate surface area is 108 Å². The van der Waals surface area contributed by atoms with Crippen LogP contribution in [0.5, 0.6) is 0 Å². The number of benzene rings is 1. The number of aryl methyl sites for hydroxylation is 2. The number of carbonyl (C=O) groups excluding carboxylic acids is 1. The maximum atomic E-state index is 12.2. The first-order valence-corrected chi connectivity index (χ1v) is 6.87. The minimum absolute atomic E-state index is 0.158. The Morgan fingerprint density at radius 2 is 2.06 bits per heavy atom. The van der Waals surface area contributed by atoms with Crippen LogP contribution in [-0.4, -0.2) is 19.0 Å². The summed E-state index contributed by atoms with van der Waals surface area (Å²) in [5.74, 6) is 0.158. The van der Waals surface area contributed by atoms with E-state index < -0.39 is 0 Å². The Morgan fingerprint density at radius 3 is 2.78 bits per heavy atom. The van der Waals surface area contributed by atoms with Gasteiger partial charge >= 0.3 is 0 Å². The van der Waals surface area contributed by atoms with E-state index in [2.05, 4.69) is 23.5 Å². The Bertz CT molecular complexity index is 477. The van der Waals surface area contributed by atoms with Gasteiger partial charge in [0.05, 0.1) is 5.41 Å².